The van der Waals surface area contributed by atoms with Gasteiger partial charge in [0.15, 0.2) is 5.69 Å². The van der Waals surface area contributed by atoms with E-state index in [1.54, 1.807) is 23.2 Å². The first-order chi connectivity index (χ1) is 16.2. The van der Waals surface area contributed by atoms with Crippen LogP contribution in [-0.4, -0.2) is 55.0 Å². The van der Waals surface area contributed by atoms with Crippen LogP contribution in [0.25, 0.3) is 5.69 Å². The van der Waals surface area contributed by atoms with Crippen molar-refractivity contribution in [3.05, 3.63) is 59.3 Å². The summed E-state index contributed by atoms with van der Waals surface area (Å²) in [6.45, 7) is 4.34. The van der Waals surface area contributed by atoms with Crippen molar-refractivity contribution < 1.29 is 22.7 Å². The quantitative estimate of drug-likeness (QED) is 0.564. The third-order valence-electron chi connectivity index (χ3n) is 6.30. The van der Waals surface area contributed by atoms with Crippen molar-refractivity contribution >= 4 is 5.91 Å². The van der Waals surface area contributed by atoms with Crippen LogP contribution in [-0.2, 0) is 6.18 Å². The Balaban J connectivity index is 1.37. The average molecular weight is 472 g/mol. The molecule has 3 atom stereocenters. The number of hydrogen-bond donors (Lipinski definition) is 0. The zero-order chi connectivity index (χ0) is 24.0. The predicted octanol–water partition coefficient (Wildman–Crippen LogP) is 3.62. The number of halogens is 3. The summed E-state index contributed by atoms with van der Waals surface area (Å²) in [5, 5.41) is 8.55. The third kappa shape index (κ3) is 4.46. The fourth-order valence-electron chi connectivity index (χ4n) is 4.38. The standard InChI is InChI=1S/C23H23F3N6O2/c1-13-3-5-19(32-28-9-14(2)30-32)21(29-13)22(33)31-11-16-7-15(16)8-18(31)12-34-20-6-4-17(10-27-20)23(24,25)26/h3-6,9-10,15-16,18H,7-8,11-12H2,1-2H3. The van der Waals surface area contributed by atoms with Crippen LogP contribution in [0.3, 0.4) is 0 Å². The molecule has 34 heavy (non-hydrogen) atoms. The van der Waals surface area contributed by atoms with E-state index in [0.717, 1.165) is 25.1 Å². The summed E-state index contributed by atoms with van der Waals surface area (Å²) in [4.78, 5) is 25.1. The first-order valence-corrected chi connectivity index (χ1v) is 11.0. The highest BCUT2D eigenvalue weighted by atomic mass is 19.4. The molecule has 4 heterocycles. The van der Waals surface area contributed by atoms with Crippen LogP contribution in [0.4, 0.5) is 13.2 Å². The molecule has 3 aromatic rings. The second-order valence-corrected chi connectivity index (χ2v) is 8.89. The number of hydrogen-bond acceptors (Lipinski definition) is 6. The first kappa shape index (κ1) is 22.3. The van der Waals surface area contributed by atoms with Crippen LogP contribution in [0.15, 0.2) is 36.7 Å². The Labute approximate surface area is 193 Å². The molecule has 8 nitrogen and oxygen atoms in total. The molecule has 0 spiro atoms. The Kier molecular flexibility index (Phi) is 5.49. The van der Waals surface area contributed by atoms with Crippen LogP contribution in [0, 0.1) is 25.7 Å². The summed E-state index contributed by atoms with van der Waals surface area (Å²) in [7, 11) is 0. The largest absolute Gasteiger partial charge is 0.475 e. The summed E-state index contributed by atoms with van der Waals surface area (Å²) < 4.78 is 44.1. The minimum Gasteiger partial charge on any atom is -0.475 e. The van der Waals surface area contributed by atoms with Gasteiger partial charge in [0, 0.05) is 24.5 Å². The molecule has 0 aromatic carbocycles. The fourth-order valence-corrected chi connectivity index (χ4v) is 4.38. The van der Waals surface area contributed by atoms with Gasteiger partial charge in [0.1, 0.15) is 12.3 Å². The van der Waals surface area contributed by atoms with Crippen LogP contribution < -0.4 is 4.74 Å². The van der Waals surface area contributed by atoms with Gasteiger partial charge in [-0.2, -0.15) is 23.4 Å². The van der Waals surface area contributed by atoms with Gasteiger partial charge in [-0.25, -0.2) is 9.97 Å². The maximum atomic E-state index is 13.7. The van der Waals surface area contributed by atoms with Gasteiger partial charge in [-0.3, -0.25) is 4.79 Å². The summed E-state index contributed by atoms with van der Waals surface area (Å²) in [5.41, 5.74) is 1.32. The average Bonchev–Trinajstić information content (AvgIpc) is 3.44. The zero-order valence-corrected chi connectivity index (χ0v) is 18.7. The van der Waals surface area contributed by atoms with Gasteiger partial charge in [0.05, 0.1) is 23.5 Å². The van der Waals surface area contributed by atoms with E-state index >= 15 is 0 Å². The second kappa shape index (κ2) is 8.37. The summed E-state index contributed by atoms with van der Waals surface area (Å²) in [6.07, 6.45) is -0.292. The molecular weight excluding hydrogens is 449 g/mol. The summed E-state index contributed by atoms with van der Waals surface area (Å²) in [5.74, 6) is 0.818. The minimum absolute atomic E-state index is 0.0869. The molecule has 5 rings (SSSR count). The van der Waals surface area contributed by atoms with E-state index in [2.05, 4.69) is 20.2 Å². The van der Waals surface area contributed by atoms with Gasteiger partial charge in [0.2, 0.25) is 5.88 Å². The van der Waals surface area contributed by atoms with Crippen LogP contribution >= 0.6 is 0 Å². The van der Waals surface area contributed by atoms with Gasteiger partial charge in [-0.05, 0) is 56.7 Å². The van der Waals surface area contributed by atoms with Crippen molar-refractivity contribution in [3.8, 4) is 11.6 Å². The highest BCUT2D eigenvalue weighted by molar-refractivity contribution is 5.96. The highest BCUT2D eigenvalue weighted by Crippen LogP contribution is 2.47. The number of carbonyl (C=O) groups is 1. The van der Waals surface area contributed by atoms with E-state index in [1.165, 1.54) is 10.9 Å². The molecule has 0 bridgehead atoms. The molecule has 3 aromatic heterocycles. The summed E-state index contributed by atoms with van der Waals surface area (Å²) >= 11 is 0. The number of aromatic nitrogens is 5. The Morgan fingerprint density at radius 1 is 1.09 bits per heavy atom. The normalized spacial score (nSPS) is 21.8. The number of pyridine rings is 2. The molecule has 1 aliphatic heterocycles. The molecule has 2 aliphatic rings. The minimum atomic E-state index is -4.46. The van der Waals surface area contributed by atoms with Crippen molar-refractivity contribution in [2.24, 2.45) is 11.8 Å². The number of likely N-dealkylation sites (tertiary alicyclic amines) is 1. The Hall–Kier alpha value is -3.50. The topological polar surface area (TPSA) is 86.0 Å². The van der Waals surface area contributed by atoms with Crippen molar-refractivity contribution in [1.82, 2.24) is 29.9 Å². The molecule has 2 fully saturated rings. The highest BCUT2D eigenvalue weighted by Gasteiger charge is 2.48. The van der Waals surface area contributed by atoms with E-state index in [4.69, 9.17) is 4.74 Å². The fraction of sp³-hybridized carbons (Fsp3) is 0.435. The molecule has 1 saturated carbocycles. The van der Waals surface area contributed by atoms with Crippen LogP contribution in [0.1, 0.15) is 40.3 Å². The number of piperidine rings is 1. The number of aryl methyl sites for hydroxylation is 2. The van der Waals surface area contributed by atoms with Crippen molar-refractivity contribution in [3.63, 3.8) is 0 Å². The lowest BCUT2D eigenvalue weighted by atomic mass is 10.0. The number of nitrogens with zero attached hydrogens (tertiary/aromatic N) is 6. The number of amides is 1. The number of fused-ring (bicyclic) bond motifs is 1. The predicted molar refractivity (Wildman–Crippen MR) is 114 cm³/mol. The Bertz CT molecular complexity index is 1210. The molecule has 1 amide bonds. The molecule has 1 aliphatic carbocycles. The van der Waals surface area contributed by atoms with E-state index in [-0.39, 0.29) is 30.1 Å². The van der Waals surface area contributed by atoms with E-state index in [1.807, 2.05) is 13.8 Å². The molecule has 3 unspecified atom stereocenters. The van der Waals surface area contributed by atoms with Crippen molar-refractivity contribution in [1.29, 1.82) is 0 Å². The smallest absolute Gasteiger partial charge is 0.417 e. The monoisotopic (exact) mass is 472 g/mol. The Morgan fingerprint density at radius 2 is 1.91 bits per heavy atom. The van der Waals surface area contributed by atoms with Crippen molar-refractivity contribution in [2.75, 3.05) is 13.2 Å². The van der Waals surface area contributed by atoms with Crippen molar-refractivity contribution in [2.45, 2.75) is 38.9 Å². The molecular formula is C23H23F3N6O2. The second-order valence-electron chi connectivity index (χ2n) is 8.89. The maximum absolute atomic E-state index is 13.7. The SMILES string of the molecule is Cc1ccc(-n2ncc(C)n2)c(C(=O)N2CC3CC3CC2COc2ccc(C(F)(F)F)cn2)n1. The van der Waals surface area contributed by atoms with Crippen LogP contribution in [0.5, 0.6) is 5.88 Å². The van der Waals surface area contributed by atoms with Gasteiger partial charge in [0.25, 0.3) is 5.91 Å². The number of carbonyl (C=O) groups excluding carboxylic acids is 1. The van der Waals surface area contributed by atoms with Gasteiger partial charge in [-0.15, -0.1) is 4.80 Å². The molecule has 178 valence electrons. The molecule has 0 radical (unpaired) electrons. The number of alkyl halides is 3. The van der Waals surface area contributed by atoms with E-state index in [9.17, 15) is 18.0 Å². The molecule has 1 saturated heterocycles. The van der Waals surface area contributed by atoms with Gasteiger partial charge in [-0.1, -0.05) is 0 Å². The lowest BCUT2D eigenvalue weighted by Gasteiger charge is -2.35. The number of rotatable bonds is 5. The van der Waals surface area contributed by atoms with Gasteiger partial charge >= 0.3 is 6.18 Å². The molecule has 0 N–H and O–H groups in total. The lowest BCUT2D eigenvalue weighted by Crippen LogP contribution is -2.48. The van der Waals surface area contributed by atoms with Gasteiger partial charge < -0.3 is 9.64 Å². The lowest BCUT2D eigenvalue weighted by molar-refractivity contribution is -0.137. The maximum Gasteiger partial charge on any atom is 0.417 e. The zero-order valence-electron chi connectivity index (χ0n) is 18.7. The Morgan fingerprint density at radius 3 is 2.59 bits per heavy atom. The third-order valence-corrected chi connectivity index (χ3v) is 6.30. The summed E-state index contributed by atoms with van der Waals surface area (Å²) in [6, 6.07) is 5.46. The van der Waals surface area contributed by atoms with E-state index < -0.39 is 11.7 Å². The van der Waals surface area contributed by atoms with E-state index in [0.29, 0.717) is 35.5 Å². The van der Waals surface area contributed by atoms with Crippen LogP contribution in [0.2, 0.25) is 0 Å². The number of ether oxygens (including phenoxy) is 1. The molecule has 11 heteroatoms. The first-order valence-electron chi connectivity index (χ1n) is 11.0.